The second-order valence-electron chi connectivity index (χ2n) is 3.41. The molecule has 0 spiro atoms. The van der Waals surface area contributed by atoms with Gasteiger partial charge in [0.2, 0.25) is 0 Å². The Morgan fingerprint density at radius 1 is 1.53 bits per heavy atom. The van der Waals surface area contributed by atoms with E-state index in [9.17, 15) is 0 Å². The summed E-state index contributed by atoms with van der Waals surface area (Å²) in [5, 5.41) is 3.96. The number of aromatic nitrogens is 1. The Morgan fingerprint density at radius 2 is 2.33 bits per heavy atom. The average molecular weight is 223 g/mol. The van der Waals surface area contributed by atoms with Crippen LogP contribution >= 0.6 is 12.2 Å². The second kappa shape index (κ2) is 6.35. The summed E-state index contributed by atoms with van der Waals surface area (Å²) in [5.41, 5.74) is 1.03. The highest BCUT2D eigenvalue weighted by Gasteiger charge is 2.04. The lowest BCUT2D eigenvalue weighted by Crippen LogP contribution is -2.37. The number of hydrogen-bond acceptors (Lipinski definition) is 2. The zero-order chi connectivity index (χ0) is 11.1. The van der Waals surface area contributed by atoms with Gasteiger partial charge in [0, 0.05) is 19.8 Å². The van der Waals surface area contributed by atoms with Gasteiger partial charge in [0.25, 0.3) is 0 Å². The summed E-state index contributed by atoms with van der Waals surface area (Å²) < 4.78 is 0. The lowest BCUT2D eigenvalue weighted by atomic mass is 10.3. The van der Waals surface area contributed by atoms with Crippen molar-refractivity contribution in [3.63, 3.8) is 0 Å². The van der Waals surface area contributed by atoms with Crippen LogP contribution in [0.2, 0.25) is 0 Å². The summed E-state index contributed by atoms with van der Waals surface area (Å²) in [4.78, 5) is 6.25. The van der Waals surface area contributed by atoms with Gasteiger partial charge in [-0.3, -0.25) is 4.98 Å². The lowest BCUT2D eigenvalue weighted by Gasteiger charge is -2.20. The predicted molar refractivity (Wildman–Crippen MR) is 66.6 cm³/mol. The summed E-state index contributed by atoms with van der Waals surface area (Å²) in [7, 11) is 1.97. The van der Waals surface area contributed by atoms with Crippen LogP contribution in [0.15, 0.2) is 24.4 Å². The van der Waals surface area contributed by atoms with Crippen LogP contribution in [0.4, 0.5) is 0 Å². The zero-order valence-corrected chi connectivity index (χ0v) is 10.0. The van der Waals surface area contributed by atoms with Gasteiger partial charge >= 0.3 is 0 Å². The van der Waals surface area contributed by atoms with E-state index in [1.807, 2.05) is 30.1 Å². The largest absolute Gasteiger partial charge is 0.363 e. The molecule has 0 bridgehead atoms. The van der Waals surface area contributed by atoms with Crippen LogP contribution in [0.1, 0.15) is 19.0 Å². The minimum atomic E-state index is 0.746. The van der Waals surface area contributed by atoms with Gasteiger partial charge in [-0.05, 0) is 30.8 Å². The number of thiocarbonyl (C=S) groups is 1. The molecule has 0 radical (unpaired) electrons. The Balaban J connectivity index is 2.41. The number of nitrogens with zero attached hydrogens (tertiary/aromatic N) is 2. The summed E-state index contributed by atoms with van der Waals surface area (Å²) in [6.45, 7) is 3.79. The highest BCUT2D eigenvalue weighted by Crippen LogP contribution is 1.98. The summed E-state index contributed by atoms with van der Waals surface area (Å²) >= 11 is 5.23. The van der Waals surface area contributed by atoms with Crippen LogP contribution in [-0.4, -0.2) is 28.6 Å². The van der Waals surface area contributed by atoms with E-state index in [2.05, 4.69) is 17.2 Å². The summed E-state index contributed by atoms with van der Waals surface area (Å²) in [6, 6.07) is 5.90. The van der Waals surface area contributed by atoms with Crippen LogP contribution < -0.4 is 5.32 Å². The highest BCUT2D eigenvalue weighted by molar-refractivity contribution is 7.80. The molecule has 0 aromatic carbocycles. The van der Waals surface area contributed by atoms with E-state index in [0.717, 1.165) is 30.3 Å². The van der Waals surface area contributed by atoms with Crippen LogP contribution in [0.3, 0.4) is 0 Å². The van der Waals surface area contributed by atoms with Crippen molar-refractivity contribution in [1.29, 1.82) is 0 Å². The molecule has 1 aromatic rings. The standard InChI is InChI=1S/C11H17N3S/c1-3-7-13-11(15)14(2)9-10-6-4-5-8-12-10/h4-6,8H,3,7,9H2,1-2H3,(H,13,15). The molecule has 4 heteroatoms. The highest BCUT2D eigenvalue weighted by atomic mass is 32.1. The van der Waals surface area contributed by atoms with Crippen molar-refractivity contribution in [2.75, 3.05) is 13.6 Å². The van der Waals surface area contributed by atoms with Crippen molar-refractivity contribution in [3.8, 4) is 0 Å². The van der Waals surface area contributed by atoms with E-state index in [1.54, 1.807) is 6.20 Å². The molecule has 1 aromatic heterocycles. The molecule has 82 valence electrons. The smallest absolute Gasteiger partial charge is 0.169 e. The molecule has 0 atom stereocenters. The molecule has 0 unspecified atom stereocenters. The molecule has 0 fully saturated rings. The monoisotopic (exact) mass is 223 g/mol. The van der Waals surface area contributed by atoms with Gasteiger partial charge in [0.15, 0.2) is 5.11 Å². The molecule has 3 nitrogen and oxygen atoms in total. The van der Waals surface area contributed by atoms with Crippen molar-refractivity contribution in [2.45, 2.75) is 19.9 Å². The van der Waals surface area contributed by atoms with E-state index in [4.69, 9.17) is 12.2 Å². The lowest BCUT2D eigenvalue weighted by molar-refractivity contribution is 0.481. The minimum absolute atomic E-state index is 0.746. The Bertz CT molecular complexity index is 300. The van der Waals surface area contributed by atoms with Crippen LogP contribution in [0, 0.1) is 0 Å². The summed E-state index contributed by atoms with van der Waals surface area (Å²) in [6.07, 6.45) is 2.88. The van der Waals surface area contributed by atoms with Crippen molar-refractivity contribution in [3.05, 3.63) is 30.1 Å². The SMILES string of the molecule is CCCNC(=S)N(C)Cc1ccccn1. The molecule has 0 saturated carbocycles. The quantitative estimate of drug-likeness (QED) is 0.788. The molecule has 0 aliphatic rings. The van der Waals surface area contributed by atoms with Crippen molar-refractivity contribution in [1.82, 2.24) is 15.2 Å². The number of hydrogen-bond donors (Lipinski definition) is 1. The first-order chi connectivity index (χ1) is 7.24. The Kier molecular flexibility index (Phi) is 5.04. The fourth-order valence-electron chi connectivity index (χ4n) is 1.17. The molecule has 1 rings (SSSR count). The van der Waals surface area contributed by atoms with Crippen LogP contribution in [0.25, 0.3) is 0 Å². The minimum Gasteiger partial charge on any atom is -0.363 e. The van der Waals surface area contributed by atoms with E-state index in [0.29, 0.717) is 0 Å². The Labute approximate surface area is 96.5 Å². The van der Waals surface area contributed by atoms with Crippen molar-refractivity contribution in [2.24, 2.45) is 0 Å². The molecule has 0 saturated heterocycles. The van der Waals surface area contributed by atoms with Gasteiger partial charge in [-0.15, -0.1) is 0 Å². The fraction of sp³-hybridized carbons (Fsp3) is 0.455. The van der Waals surface area contributed by atoms with Crippen molar-refractivity contribution >= 4 is 17.3 Å². The number of rotatable bonds is 4. The zero-order valence-electron chi connectivity index (χ0n) is 9.23. The van der Waals surface area contributed by atoms with Gasteiger partial charge in [-0.25, -0.2) is 0 Å². The van der Waals surface area contributed by atoms with E-state index < -0.39 is 0 Å². The van der Waals surface area contributed by atoms with Crippen molar-refractivity contribution < 1.29 is 0 Å². The van der Waals surface area contributed by atoms with Gasteiger partial charge in [-0.2, -0.15) is 0 Å². The number of pyridine rings is 1. The second-order valence-corrected chi connectivity index (χ2v) is 3.80. The van der Waals surface area contributed by atoms with E-state index in [1.165, 1.54) is 0 Å². The fourth-order valence-corrected chi connectivity index (χ4v) is 1.34. The topological polar surface area (TPSA) is 28.2 Å². The maximum atomic E-state index is 5.23. The van der Waals surface area contributed by atoms with E-state index in [-0.39, 0.29) is 0 Å². The molecular weight excluding hydrogens is 206 g/mol. The molecular formula is C11H17N3S. The molecule has 0 aliphatic heterocycles. The van der Waals surface area contributed by atoms with Gasteiger partial charge in [-0.1, -0.05) is 13.0 Å². The first kappa shape index (κ1) is 11.9. The molecule has 1 heterocycles. The predicted octanol–water partition coefficient (Wildman–Crippen LogP) is 1.80. The third-order valence-electron chi connectivity index (χ3n) is 2.00. The third kappa shape index (κ3) is 4.25. The first-order valence-electron chi connectivity index (χ1n) is 5.13. The molecule has 0 amide bonds. The average Bonchev–Trinajstić information content (AvgIpc) is 2.27. The maximum absolute atomic E-state index is 5.23. The van der Waals surface area contributed by atoms with E-state index >= 15 is 0 Å². The van der Waals surface area contributed by atoms with Crippen LogP contribution in [-0.2, 0) is 6.54 Å². The van der Waals surface area contributed by atoms with Gasteiger partial charge in [0.05, 0.1) is 12.2 Å². The maximum Gasteiger partial charge on any atom is 0.169 e. The molecule has 1 N–H and O–H groups in total. The van der Waals surface area contributed by atoms with Gasteiger partial charge in [0.1, 0.15) is 0 Å². The Morgan fingerprint density at radius 3 is 2.93 bits per heavy atom. The molecule has 0 aliphatic carbocycles. The van der Waals surface area contributed by atoms with Gasteiger partial charge < -0.3 is 10.2 Å². The molecule has 15 heavy (non-hydrogen) atoms. The third-order valence-corrected chi connectivity index (χ3v) is 2.45. The summed E-state index contributed by atoms with van der Waals surface area (Å²) in [5.74, 6) is 0. The van der Waals surface area contributed by atoms with Crippen LogP contribution in [0.5, 0.6) is 0 Å². The number of nitrogens with one attached hydrogen (secondary N) is 1. The Hall–Kier alpha value is -1.16. The normalized spacial score (nSPS) is 9.73. The first-order valence-corrected chi connectivity index (χ1v) is 5.53.